The molecule has 3 heteroatoms. The van der Waals surface area contributed by atoms with Crippen molar-refractivity contribution in [2.75, 3.05) is 6.61 Å². The fourth-order valence-electron chi connectivity index (χ4n) is 1.68. The van der Waals surface area contributed by atoms with Gasteiger partial charge in [0.1, 0.15) is 6.61 Å². The molecule has 80 valence electrons. The van der Waals surface area contributed by atoms with E-state index >= 15 is 0 Å². The topological polar surface area (TPSA) is 47.6 Å². The average Bonchev–Trinajstić information content (AvgIpc) is 2.68. The van der Waals surface area contributed by atoms with Crippen molar-refractivity contribution < 1.29 is 4.74 Å². The van der Waals surface area contributed by atoms with Crippen molar-refractivity contribution in [3.8, 4) is 0 Å². The summed E-state index contributed by atoms with van der Waals surface area (Å²) in [5, 5.41) is 0. The van der Waals surface area contributed by atoms with Gasteiger partial charge in [-0.1, -0.05) is 30.3 Å². The number of rotatable bonds is 3. The highest BCUT2D eigenvalue weighted by atomic mass is 16.5. The molecule has 15 heavy (non-hydrogen) atoms. The lowest BCUT2D eigenvalue weighted by Crippen LogP contribution is -2.26. The van der Waals surface area contributed by atoms with Crippen LogP contribution in [0.2, 0.25) is 0 Å². The molecule has 0 aliphatic carbocycles. The first kappa shape index (κ1) is 10.2. The number of nitrogens with zero attached hydrogens (tertiary/aromatic N) is 1. The molecule has 1 aliphatic rings. The van der Waals surface area contributed by atoms with Crippen LogP contribution < -0.4 is 5.73 Å². The van der Waals surface area contributed by atoms with E-state index in [0.717, 1.165) is 6.42 Å². The first-order chi connectivity index (χ1) is 7.25. The van der Waals surface area contributed by atoms with Crippen molar-refractivity contribution in [3.05, 3.63) is 35.9 Å². The van der Waals surface area contributed by atoms with Crippen LogP contribution >= 0.6 is 0 Å². The zero-order valence-corrected chi connectivity index (χ0v) is 8.89. The van der Waals surface area contributed by atoms with Gasteiger partial charge in [-0.05, 0) is 18.9 Å². The number of hydrogen-bond acceptors (Lipinski definition) is 3. The molecule has 2 rings (SSSR count). The van der Waals surface area contributed by atoms with Crippen molar-refractivity contribution >= 4 is 5.90 Å². The monoisotopic (exact) mass is 204 g/mol. The van der Waals surface area contributed by atoms with Crippen LogP contribution in [0.1, 0.15) is 12.5 Å². The van der Waals surface area contributed by atoms with Crippen molar-refractivity contribution in [1.82, 2.24) is 0 Å². The maximum atomic E-state index is 5.70. The molecule has 1 aromatic carbocycles. The summed E-state index contributed by atoms with van der Waals surface area (Å²) in [4.78, 5) is 4.45. The summed E-state index contributed by atoms with van der Waals surface area (Å²) in [6.45, 7) is 2.55. The van der Waals surface area contributed by atoms with Gasteiger partial charge in [-0.25, -0.2) is 4.99 Å². The second kappa shape index (κ2) is 4.45. The molecule has 0 aromatic heterocycles. The van der Waals surface area contributed by atoms with Gasteiger partial charge in [-0.2, -0.15) is 0 Å². The van der Waals surface area contributed by atoms with Crippen LogP contribution in [0.15, 0.2) is 35.3 Å². The molecule has 3 nitrogen and oxygen atoms in total. The van der Waals surface area contributed by atoms with Crippen LogP contribution in [0.25, 0.3) is 0 Å². The van der Waals surface area contributed by atoms with Crippen LogP contribution in [0.4, 0.5) is 0 Å². The molecule has 1 aliphatic heterocycles. The van der Waals surface area contributed by atoms with E-state index in [0.29, 0.717) is 12.5 Å². The van der Waals surface area contributed by atoms with E-state index < -0.39 is 0 Å². The fraction of sp³-hybridized carbons (Fsp3) is 0.417. The quantitative estimate of drug-likeness (QED) is 0.808. The molecule has 0 radical (unpaired) electrons. The van der Waals surface area contributed by atoms with Crippen LogP contribution in [0, 0.1) is 0 Å². The Morgan fingerprint density at radius 1 is 1.47 bits per heavy atom. The maximum Gasteiger partial charge on any atom is 0.200 e. The van der Waals surface area contributed by atoms with Gasteiger partial charge < -0.3 is 10.5 Å². The van der Waals surface area contributed by atoms with E-state index in [2.05, 4.69) is 17.1 Å². The molecule has 0 spiro atoms. The molecule has 0 unspecified atom stereocenters. The molecule has 0 saturated heterocycles. The minimum atomic E-state index is -0.0919. The standard InChI is InChI=1S/C12H16N2O/c1-9(13)12-14-11(8-15-12)7-10-5-3-2-4-6-10/h2-6,9,11H,7-8,13H2,1H3/t9-,11-/m0/s1. The summed E-state index contributed by atoms with van der Waals surface area (Å²) < 4.78 is 5.42. The van der Waals surface area contributed by atoms with Gasteiger partial charge >= 0.3 is 0 Å². The third kappa shape index (κ3) is 2.57. The largest absolute Gasteiger partial charge is 0.478 e. The molecular formula is C12H16N2O. The van der Waals surface area contributed by atoms with Crippen LogP contribution in [-0.2, 0) is 11.2 Å². The Labute approximate surface area is 90.0 Å². The van der Waals surface area contributed by atoms with Gasteiger partial charge in [-0.3, -0.25) is 0 Å². The lowest BCUT2D eigenvalue weighted by Gasteiger charge is -2.04. The normalized spacial score (nSPS) is 22.0. The molecule has 0 saturated carbocycles. The number of aliphatic imine (C=N–C) groups is 1. The molecular weight excluding hydrogens is 188 g/mol. The van der Waals surface area contributed by atoms with Crippen molar-refractivity contribution in [2.45, 2.75) is 25.4 Å². The lowest BCUT2D eigenvalue weighted by molar-refractivity contribution is 0.306. The van der Waals surface area contributed by atoms with Gasteiger partial charge in [-0.15, -0.1) is 0 Å². The minimum absolute atomic E-state index is 0.0919. The Hall–Kier alpha value is -1.35. The smallest absolute Gasteiger partial charge is 0.200 e. The van der Waals surface area contributed by atoms with E-state index in [1.54, 1.807) is 0 Å². The Kier molecular flexibility index (Phi) is 3.02. The number of ether oxygens (including phenoxy) is 1. The van der Waals surface area contributed by atoms with Gasteiger partial charge in [0.15, 0.2) is 0 Å². The third-order valence-electron chi connectivity index (χ3n) is 2.44. The highest BCUT2D eigenvalue weighted by Gasteiger charge is 2.21. The maximum absolute atomic E-state index is 5.70. The Morgan fingerprint density at radius 2 is 2.20 bits per heavy atom. The second-order valence-corrected chi connectivity index (χ2v) is 3.91. The van der Waals surface area contributed by atoms with E-state index in [-0.39, 0.29) is 12.1 Å². The summed E-state index contributed by atoms with van der Waals surface area (Å²) >= 11 is 0. The summed E-state index contributed by atoms with van der Waals surface area (Å²) in [6.07, 6.45) is 0.928. The second-order valence-electron chi connectivity index (χ2n) is 3.91. The Balaban J connectivity index is 1.98. The molecule has 0 fully saturated rings. The Morgan fingerprint density at radius 3 is 2.80 bits per heavy atom. The highest BCUT2D eigenvalue weighted by Crippen LogP contribution is 2.12. The van der Waals surface area contributed by atoms with Crippen LogP contribution in [0.3, 0.4) is 0 Å². The summed E-state index contributed by atoms with van der Waals surface area (Å²) in [6, 6.07) is 10.5. The zero-order valence-electron chi connectivity index (χ0n) is 8.89. The van der Waals surface area contributed by atoms with Crippen molar-refractivity contribution in [1.29, 1.82) is 0 Å². The predicted octanol–water partition coefficient (Wildman–Crippen LogP) is 1.37. The zero-order chi connectivity index (χ0) is 10.7. The van der Waals surface area contributed by atoms with Gasteiger partial charge in [0.25, 0.3) is 0 Å². The lowest BCUT2D eigenvalue weighted by atomic mass is 10.1. The molecule has 1 heterocycles. The van der Waals surface area contributed by atoms with E-state index in [9.17, 15) is 0 Å². The van der Waals surface area contributed by atoms with E-state index in [4.69, 9.17) is 10.5 Å². The average molecular weight is 204 g/mol. The van der Waals surface area contributed by atoms with E-state index in [1.807, 2.05) is 25.1 Å². The molecule has 0 amide bonds. The molecule has 2 atom stereocenters. The van der Waals surface area contributed by atoms with Crippen LogP contribution in [-0.4, -0.2) is 24.6 Å². The summed E-state index contributed by atoms with van der Waals surface area (Å²) in [5.74, 6) is 0.691. The molecule has 0 bridgehead atoms. The first-order valence-corrected chi connectivity index (χ1v) is 5.25. The SMILES string of the molecule is C[C@H](N)C1=N[C@@H](Cc2ccccc2)CO1. The van der Waals surface area contributed by atoms with Gasteiger partial charge in [0.05, 0.1) is 12.1 Å². The first-order valence-electron chi connectivity index (χ1n) is 5.25. The fourth-order valence-corrected chi connectivity index (χ4v) is 1.68. The summed E-state index contributed by atoms with van der Waals surface area (Å²) in [5.41, 5.74) is 6.99. The summed E-state index contributed by atoms with van der Waals surface area (Å²) in [7, 11) is 0. The third-order valence-corrected chi connectivity index (χ3v) is 2.44. The number of hydrogen-bond donors (Lipinski definition) is 1. The number of nitrogens with two attached hydrogens (primary N) is 1. The number of benzene rings is 1. The van der Waals surface area contributed by atoms with Crippen molar-refractivity contribution in [2.24, 2.45) is 10.7 Å². The van der Waals surface area contributed by atoms with Gasteiger partial charge in [0, 0.05) is 0 Å². The molecule has 1 aromatic rings. The predicted molar refractivity (Wildman–Crippen MR) is 61.0 cm³/mol. The Bertz CT molecular complexity index is 346. The van der Waals surface area contributed by atoms with Crippen molar-refractivity contribution in [3.63, 3.8) is 0 Å². The van der Waals surface area contributed by atoms with Crippen LogP contribution in [0.5, 0.6) is 0 Å². The molecule has 2 N–H and O–H groups in total. The van der Waals surface area contributed by atoms with E-state index in [1.165, 1.54) is 5.56 Å². The minimum Gasteiger partial charge on any atom is -0.478 e. The highest BCUT2D eigenvalue weighted by molar-refractivity contribution is 5.82. The van der Waals surface area contributed by atoms with Gasteiger partial charge in [0.2, 0.25) is 5.90 Å².